The Balaban J connectivity index is 3.32. The molecular weight excluding hydrogens is 244 g/mol. The molecule has 0 amide bonds. The van der Waals surface area contributed by atoms with Gasteiger partial charge in [0, 0.05) is 25.4 Å². The van der Waals surface area contributed by atoms with Crippen LogP contribution >= 0.6 is 0 Å². The van der Waals surface area contributed by atoms with E-state index < -0.39 is 0 Å². The summed E-state index contributed by atoms with van der Waals surface area (Å²) in [4.78, 5) is 6.72. The van der Waals surface area contributed by atoms with Crippen LogP contribution in [-0.4, -0.2) is 24.7 Å². The average Bonchev–Trinajstić information content (AvgIpc) is 2.46. The maximum atomic E-state index is 4.66. The van der Waals surface area contributed by atoms with Gasteiger partial charge in [-0.2, -0.15) is 0 Å². The Morgan fingerprint density at radius 3 is 2.30 bits per heavy atom. The third-order valence-corrected chi connectivity index (χ3v) is 2.87. The number of aliphatic imine (C=N–C) groups is 1. The van der Waals surface area contributed by atoms with E-state index in [1.165, 1.54) is 0 Å². The highest BCUT2D eigenvalue weighted by Crippen LogP contribution is 2.10. The summed E-state index contributed by atoms with van der Waals surface area (Å²) < 4.78 is 0. The molecule has 0 aliphatic heterocycles. The molecule has 20 heavy (non-hydrogen) atoms. The zero-order valence-corrected chi connectivity index (χ0v) is 12.5. The molecule has 0 N–H and O–H groups in total. The summed E-state index contributed by atoms with van der Waals surface area (Å²) in [5.41, 5.74) is 3.91. The van der Waals surface area contributed by atoms with Crippen LogP contribution in [0.4, 0.5) is 0 Å². The summed E-state index contributed by atoms with van der Waals surface area (Å²) in [6.07, 6.45) is 7.35. The van der Waals surface area contributed by atoms with Gasteiger partial charge in [-0.1, -0.05) is 49.6 Å². The van der Waals surface area contributed by atoms with Gasteiger partial charge in [0.15, 0.2) is 0 Å². The standard InChI is InChI=1S/C18H22N2/c1-6-11-17(7-2)19-18(14-15(3)20(4)5)16-12-9-8-10-13-16/h6-14H,1-2H2,3-5H3/b15-14+,17-11+,19-18+. The van der Waals surface area contributed by atoms with Crippen molar-refractivity contribution in [3.63, 3.8) is 0 Å². The van der Waals surface area contributed by atoms with E-state index in [-0.39, 0.29) is 0 Å². The first kappa shape index (κ1) is 15.7. The van der Waals surface area contributed by atoms with Gasteiger partial charge < -0.3 is 4.90 Å². The summed E-state index contributed by atoms with van der Waals surface area (Å²) in [5.74, 6) is 0. The minimum absolute atomic E-state index is 0.793. The molecular formula is C18H22N2. The smallest absolute Gasteiger partial charge is 0.0726 e. The molecule has 0 radical (unpaired) electrons. The normalized spacial score (nSPS) is 13.1. The SMILES string of the molecule is C=C/C=C(C=C)/N=C(\C=C(/C)N(C)C)c1ccccc1. The van der Waals surface area contributed by atoms with Crippen molar-refractivity contribution in [3.05, 3.63) is 84.8 Å². The molecule has 2 heteroatoms. The van der Waals surface area contributed by atoms with Crippen molar-refractivity contribution in [3.8, 4) is 0 Å². The van der Waals surface area contributed by atoms with Crippen molar-refractivity contribution in [1.29, 1.82) is 0 Å². The summed E-state index contributed by atoms with van der Waals surface area (Å²) in [6.45, 7) is 9.55. The number of hydrogen-bond donors (Lipinski definition) is 0. The number of rotatable bonds is 6. The van der Waals surface area contributed by atoms with Crippen molar-refractivity contribution in [2.75, 3.05) is 14.1 Å². The van der Waals surface area contributed by atoms with E-state index >= 15 is 0 Å². The zero-order chi connectivity index (χ0) is 15.0. The highest BCUT2D eigenvalue weighted by Gasteiger charge is 2.02. The molecule has 0 atom stereocenters. The predicted octanol–water partition coefficient (Wildman–Crippen LogP) is 4.20. The Labute approximate surface area is 122 Å². The second-order valence-electron chi connectivity index (χ2n) is 4.57. The van der Waals surface area contributed by atoms with Crippen LogP contribution in [0, 0.1) is 0 Å². The summed E-state index contributed by atoms with van der Waals surface area (Å²) in [5, 5.41) is 0. The van der Waals surface area contributed by atoms with Gasteiger partial charge in [-0.05, 0) is 25.2 Å². The van der Waals surface area contributed by atoms with E-state index in [4.69, 9.17) is 0 Å². The molecule has 0 unspecified atom stereocenters. The zero-order valence-electron chi connectivity index (χ0n) is 12.5. The van der Waals surface area contributed by atoms with Crippen LogP contribution in [-0.2, 0) is 0 Å². The molecule has 1 aromatic rings. The van der Waals surface area contributed by atoms with Crippen molar-refractivity contribution >= 4 is 5.71 Å². The predicted molar refractivity (Wildman–Crippen MR) is 88.9 cm³/mol. The fourth-order valence-corrected chi connectivity index (χ4v) is 1.53. The fourth-order valence-electron chi connectivity index (χ4n) is 1.53. The lowest BCUT2D eigenvalue weighted by molar-refractivity contribution is 0.514. The molecule has 0 aromatic heterocycles. The first-order valence-electron chi connectivity index (χ1n) is 6.53. The maximum absolute atomic E-state index is 4.66. The minimum Gasteiger partial charge on any atom is -0.381 e. The number of nitrogens with zero attached hydrogens (tertiary/aromatic N) is 2. The second-order valence-corrected chi connectivity index (χ2v) is 4.57. The van der Waals surface area contributed by atoms with E-state index in [1.807, 2.05) is 50.5 Å². The summed E-state index contributed by atoms with van der Waals surface area (Å²) in [7, 11) is 4.03. The lowest BCUT2D eigenvalue weighted by Gasteiger charge is -2.13. The minimum atomic E-state index is 0.793. The first-order valence-corrected chi connectivity index (χ1v) is 6.53. The van der Waals surface area contributed by atoms with Crippen molar-refractivity contribution in [2.24, 2.45) is 4.99 Å². The molecule has 2 nitrogen and oxygen atoms in total. The lowest BCUT2D eigenvalue weighted by Crippen LogP contribution is -2.10. The van der Waals surface area contributed by atoms with Gasteiger partial charge in [-0.3, -0.25) is 0 Å². The number of hydrogen-bond acceptors (Lipinski definition) is 2. The van der Waals surface area contributed by atoms with E-state index in [9.17, 15) is 0 Å². The van der Waals surface area contributed by atoms with Gasteiger partial charge in [-0.25, -0.2) is 4.99 Å². The van der Waals surface area contributed by atoms with E-state index in [0.29, 0.717) is 0 Å². The number of benzene rings is 1. The molecule has 0 saturated heterocycles. The first-order chi connectivity index (χ1) is 9.58. The van der Waals surface area contributed by atoms with E-state index in [0.717, 1.165) is 22.7 Å². The summed E-state index contributed by atoms with van der Waals surface area (Å²) in [6, 6.07) is 10.1. The fraction of sp³-hybridized carbons (Fsp3) is 0.167. The van der Waals surface area contributed by atoms with Gasteiger partial charge >= 0.3 is 0 Å². The second kappa shape index (κ2) is 7.95. The average molecular weight is 266 g/mol. The summed E-state index contributed by atoms with van der Waals surface area (Å²) >= 11 is 0. The van der Waals surface area contributed by atoms with Crippen LogP contribution in [0.2, 0.25) is 0 Å². The van der Waals surface area contributed by atoms with Crippen LogP contribution < -0.4 is 0 Å². The highest BCUT2D eigenvalue weighted by atomic mass is 15.1. The van der Waals surface area contributed by atoms with Crippen LogP contribution in [0.1, 0.15) is 12.5 Å². The largest absolute Gasteiger partial charge is 0.381 e. The highest BCUT2D eigenvalue weighted by molar-refractivity contribution is 6.09. The topological polar surface area (TPSA) is 15.6 Å². The Morgan fingerprint density at radius 2 is 1.80 bits per heavy atom. The lowest BCUT2D eigenvalue weighted by atomic mass is 10.1. The molecule has 0 heterocycles. The Morgan fingerprint density at radius 1 is 1.15 bits per heavy atom. The molecule has 1 rings (SSSR count). The molecule has 0 saturated carbocycles. The van der Waals surface area contributed by atoms with Crippen molar-refractivity contribution in [2.45, 2.75) is 6.92 Å². The van der Waals surface area contributed by atoms with Gasteiger partial charge in [-0.15, -0.1) is 0 Å². The van der Waals surface area contributed by atoms with Crippen molar-refractivity contribution < 1.29 is 0 Å². The molecule has 0 bridgehead atoms. The molecule has 104 valence electrons. The molecule has 0 fully saturated rings. The van der Waals surface area contributed by atoms with Gasteiger partial charge in [0.05, 0.1) is 11.4 Å². The third kappa shape index (κ3) is 4.73. The van der Waals surface area contributed by atoms with Gasteiger partial charge in [0.2, 0.25) is 0 Å². The van der Waals surface area contributed by atoms with Crippen molar-refractivity contribution in [1.82, 2.24) is 4.90 Å². The molecule has 0 aliphatic carbocycles. The molecule has 0 aliphatic rings. The van der Waals surface area contributed by atoms with E-state index in [1.54, 1.807) is 12.2 Å². The molecule has 0 spiro atoms. The van der Waals surface area contributed by atoms with Crippen LogP contribution in [0.3, 0.4) is 0 Å². The third-order valence-electron chi connectivity index (χ3n) is 2.87. The number of allylic oxidation sites excluding steroid dienone is 5. The van der Waals surface area contributed by atoms with Gasteiger partial charge in [0.25, 0.3) is 0 Å². The Bertz CT molecular complexity index is 546. The van der Waals surface area contributed by atoms with Gasteiger partial charge in [0.1, 0.15) is 0 Å². The van der Waals surface area contributed by atoms with Crippen LogP contribution in [0.5, 0.6) is 0 Å². The van der Waals surface area contributed by atoms with Crippen LogP contribution in [0.15, 0.2) is 84.2 Å². The molecule has 1 aromatic carbocycles. The monoisotopic (exact) mass is 266 g/mol. The Kier molecular flexibility index (Phi) is 6.24. The van der Waals surface area contributed by atoms with E-state index in [2.05, 4.69) is 36.0 Å². The quantitative estimate of drug-likeness (QED) is 0.556. The maximum Gasteiger partial charge on any atom is 0.0726 e. The van der Waals surface area contributed by atoms with Crippen LogP contribution in [0.25, 0.3) is 0 Å². The Hall–Kier alpha value is -2.35.